The van der Waals surface area contributed by atoms with Crippen LogP contribution in [0.3, 0.4) is 0 Å². The Morgan fingerprint density at radius 3 is 2.74 bits per heavy atom. The van der Waals surface area contributed by atoms with Gasteiger partial charge in [0.05, 0.1) is 18.2 Å². The second-order valence-corrected chi connectivity index (χ2v) is 10.1. The molecular formula is C30H34N6O3. The van der Waals surface area contributed by atoms with Crippen molar-refractivity contribution < 1.29 is 14.0 Å². The van der Waals surface area contributed by atoms with E-state index in [2.05, 4.69) is 46.6 Å². The summed E-state index contributed by atoms with van der Waals surface area (Å²) >= 11 is 0. The van der Waals surface area contributed by atoms with E-state index in [1.165, 1.54) is 11.8 Å². The number of nitriles is 1. The number of guanidine groups is 1. The number of rotatable bonds is 7. The molecule has 0 radical (unpaired) electrons. The van der Waals surface area contributed by atoms with Gasteiger partial charge in [-0.2, -0.15) is 5.26 Å². The van der Waals surface area contributed by atoms with Crippen molar-refractivity contribution in [3.8, 4) is 6.19 Å². The van der Waals surface area contributed by atoms with Gasteiger partial charge >= 0.3 is 0 Å². The third-order valence-corrected chi connectivity index (χ3v) is 6.70. The van der Waals surface area contributed by atoms with Gasteiger partial charge in [0, 0.05) is 24.7 Å². The summed E-state index contributed by atoms with van der Waals surface area (Å²) in [5.41, 5.74) is 3.61. The molecule has 1 fully saturated rings. The number of nitrogens with one attached hydrogen (secondary N) is 2. The largest absolute Gasteiger partial charge is 0.461 e. The van der Waals surface area contributed by atoms with E-state index >= 15 is 0 Å². The standard InChI is InChI=1S/C30H34N6O3/c1-20(2)23-9-7-22(8-10-23)16-32-28(37)18-36-13-5-4-6-24(29(36)38)17-33-30(34-19-31)35-26-11-12-27-25(15-26)14-21(3)39-27/h7-12,14-15,17,20,24H,4-6,13,16,18H2,1-3H3,(H,32,37)(H,34,35)/b33-17-. The smallest absolute Gasteiger partial charge is 0.239 e. The second-order valence-electron chi connectivity index (χ2n) is 10.1. The molecule has 1 aliphatic heterocycles. The highest BCUT2D eigenvalue weighted by atomic mass is 16.3. The van der Waals surface area contributed by atoms with E-state index in [0.29, 0.717) is 31.1 Å². The molecule has 1 unspecified atom stereocenters. The van der Waals surface area contributed by atoms with E-state index in [4.69, 9.17) is 4.42 Å². The Kier molecular flexibility index (Phi) is 9.10. The second kappa shape index (κ2) is 12.9. The van der Waals surface area contributed by atoms with Gasteiger partial charge in [0.2, 0.25) is 17.8 Å². The normalized spacial score (nSPS) is 16.5. The minimum Gasteiger partial charge on any atom is -0.461 e. The van der Waals surface area contributed by atoms with Crippen molar-refractivity contribution in [3.63, 3.8) is 0 Å². The Morgan fingerprint density at radius 2 is 2.00 bits per heavy atom. The van der Waals surface area contributed by atoms with Crippen LogP contribution in [0.5, 0.6) is 0 Å². The van der Waals surface area contributed by atoms with Crippen LogP contribution in [-0.4, -0.2) is 42.0 Å². The van der Waals surface area contributed by atoms with Gasteiger partial charge in [0.25, 0.3) is 0 Å². The van der Waals surface area contributed by atoms with Gasteiger partial charge in [-0.05, 0) is 61.1 Å². The molecule has 9 heteroatoms. The van der Waals surface area contributed by atoms with Gasteiger partial charge in [-0.1, -0.05) is 44.5 Å². The molecule has 2 heterocycles. The highest BCUT2D eigenvalue weighted by molar-refractivity contribution is 6.00. The molecule has 202 valence electrons. The average Bonchev–Trinajstić information content (AvgIpc) is 3.20. The Hall–Kier alpha value is -4.45. The Labute approximate surface area is 228 Å². The van der Waals surface area contributed by atoms with Gasteiger partial charge in [-0.25, -0.2) is 9.98 Å². The van der Waals surface area contributed by atoms with E-state index < -0.39 is 5.92 Å². The van der Waals surface area contributed by atoms with Crippen molar-refractivity contribution in [3.05, 3.63) is 65.4 Å². The summed E-state index contributed by atoms with van der Waals surface area (Å²) in [5, 5.41) is 15.5. The highest BCUT2D eigenvalue weighted by Gasteiger charge is 2.27. The lowest BCUT2D eigenvalue weighted by Gasteiger charge is -2.22. The molecule has 1 aliphatic rings. The lowest BCUT2D eigenvalue weighted by atomic mass is 10.0. The van der Waals surface area contributed by atoms with Crippen molar-refractivity contribution in [2.45, 2.75) is 52.5 Å². The average molecular weight is 527 g/mol. The first-order valence-electron chi connectivity index (χ1n) is 13.2. The van der Waals surface area contributed by atoms with Gasteiger partial charge in [-0.15, -0.1) is 0 Å². The van der Waals surface area contributed by atoms with E-state index in [0.717, 1.165) is 35.1 Å². The summed E-state index contributed by atoms with van der Waals surface area (Å²) < 4.78 is 5.60. The molecule has 1 aromatic heterocycles. The third-order valence-electron chi connectivity index (χ3n) is 6.70. The van der Waals surface area contributed by atoms with Crippen LogP contribution in [-0.2, 0) is 16.1 Å². The number of benzene rings is 2. The van der Waals surface area contributed by atoms with Crippen molar-refractivity contribution in [2.24, 2.45) is 15.9 Å². The zero-order valence-corrected chi connectivity index (χ0v) is 22.6. The zero-order valence-electron chi connectivity index (χ0n) is 22.6. The molecule has 2 amide bonds. The summed E-state index contributed by atoms with van der Waals surface area (Å²) in [7, 11) is 0. The predicted octanol–water partition coefficient (Wildman–Crippen LogP) is 4.94. The van der Waals surface area contributed by atoms with Gasteiger partial charge in [0.15, 0.2) is 6.19 Å². The van der Waals surface area contributed by atoms with Gasteiger partial charge < -0.3 is 14.6 Å². The number of carbonyl (C=O) groups excluding carboxylic acids is 2. The number of nitrogens with zero attached hydrogens (tertiary/aromatic N) is 4. The topological polar surface area (TPSA) is 123 Å². The molecule has 0 aliphatic carbocycles. The summed E-state index contributed by atoms with van der Waals surface area (Å²) in [5.74, 6) is 0.472. The van der Waals surface area contributed by atoms with Crippen molar-refractivity contribution in [2.75, 3.05) is 13.1 Å². The van der Waals surface area contributed by atoms with Crippen molar-refractivity contribution in [1.29, 1.82) is 5.26 Å². The summed E-state index contributed by atoms with van der Waals surface area (Å²) in [6, 6.07) is 15.5. The van der Waals surface area contributed by atoms with Crippen LogP contribution in [0.4, 0.5) is 5.69 Å². The van der Waals surface area contributed by atoms with E-state index in [9.17, 15) is 14.9 Å². The number of amides is 2. The quantitative estimate of drug-likeness (QED) is 0.195. The lowest BCUT2D eigenvalue weighted by Crippen LogP contribution is -2.43. The fourth-order valence-electron chi connectivity index (χ4n) is 4.54. The molecule has 0 saturated carbocycles. The highest BCUT2D eigenvalue weighted by Crippen LogP contribution is 2.24. The molecule has 0 bridgehead atoms. The molecule has 1 atom stereocenters. The van der Waals surface area contributed by atoms with Gasteiger partial charge in [0.1, 0.15) is 11.3 Å². The predicted molar refractivity (Wildman–Crippen MR) is 152 cm³/mol. The molecule has 4 rings (SSSR count). The molecule has 0 spiro atoms. The van der Waals surface area contributed by atoms with Crippen LogP contribution in [0, 0.1) is 24.3 Å². The van der Waals surface area contributed by atoms with Crippen LogP contribution >= 0.6 is 0 Å². The van der Waals surface area contributed by atoms with Crippen LogP contribution in [0.2, 0.25) is 0 Å². The minimum atomic E-state index is -0.506. The maximum atomic E-state index is 13.3. The molecule has 9 nitrogen and oxygen atoms in total. The van der Waals surface area contributed by atoms with E-state index in [-0.39, 0.29) is 24.3 Å². The van der Waals surface area contributed by atoms with E-state index in [1.807, 2.05) is 43.4 Å². The number of carbonyl (C=O) groups is 2. The Morgan fingerprint density at radius 1 is 1.21 bits per heavy atom. The molecule has 3 aromatic rings. The molecule has 2 N–H and O–H groups in total. The van der Waals surface area contributed by atoms with Crippen LogP contribution in [0.25, 0.3) is 11.0 Å². The number of hydrogen-bond donors (Lipinski definition) is 2. The Bertz CT molecular complexity index is 1410. The first kappa shape index (κ1) is 27.6. The minimum absolute atomic E-state index is 0.00518. The zero-order chi connectivity index (χ0) is 27.8. The monoisotopic (exact) mass is 526 g/mol. The molecule has 1 saturated heterocycles. The summed E-state index contributed by atoms with van der Waals surface area (Å²) in [6.45, 7) is 7.08. The first-order chi connectivity index (χ1) is 18.8. The summed E-state index contributed by atoms with van der Waals surface area (Å²) in [4.78, 5) is 36.3. The number of aryl methyl sites for hydroxylation is 1. The number of aliphatic imine (C=N–C) groups is 2. The van der Waals surface area contributed by atoms with Crippen LogP contribution in [0.15, 0.2) is 62.9 Å². The number of furan rings is 1. The third kappa shape index (κ3) is 7.54. The summed E-state index contributed by atoms with van der Waals surface area (Å²) in [6.07, 6.45) is 5.63. The number of fused-ring (bicyclic) bond motifs is 1. The van der Waals surface area contributed by atoms with Gasteiger partial charge in [-0.3, -0.25) is 14.9 Å². The van der Waals surface area contributed by atoms with E-state index in [1.54, 1.807) is 11.0 Å². The lowest BCUT2D eigenvalue weighted by molar-refractivity contribution is -0.137. The number of likely N-dealkylation sites (tertiary alicyclic amines) is 1. The van der Waals surface area contributed by atoms with Crippen LogP contribution < -0.4 is 10.6 Å². The molecule has 39 heavy (non-hydrogen) atoms. The van der Waals surface area contributed by atoms with Crippen LogP contribution in [0.1, 0.15) is 55.9 Å². The maximum Gasteiger partial charge on any atom is 0.239 e. The molecule has 2 aromatic carbocycles. The van der Waals surface area contributed by atoms with Crippen molar-refractivity contribution >= 4 is 40.6 Å². The fourth-order valence-corrected chi connectivity index (χ4v) is 4.54. The molecular weight excluding hydrogens is 492 g/mol. The van der Waals surface area contributed by atoms with Crippen molar-refractivity contribution in [1.82, 2.24) is 15.5 Å². The fraction of sp³-hybridized carbons (Fsp3) is 0.367. The maximum absolute atomic E-state index is 13.3. The Balaban J connectivity index is 1.39. The first-order valence-corrected chi connectivity index (χ1v) is 13.2. The SMILES string of the molecule is Cc1cc2cc(N=C(/N=C\C3CCCCN(CC(=O)NCc4ccc(C(C)C)cc4)C3=O)NC#N)ccc2o1. The number of hydrogen-bond acceptors (Lipinski definition) is 5.